The highest BCUT2D eigenvalue weighted by molar-refractivity contribution is 7.10. The van der Waals surface area contributed by atoms with Crippen LogP contribution in [0.1, 0.15) is 61.6 Å². The summed E-state index contributed by atoms with van der Waals surface area (Å²) in [6.45, 7) is 0. The lowest BCUT2D eigenvalue weighted by Gasteiger charge is -2.32. The molecule has 6 heteroatoms. The predicted octanol–water partition coefficient (Wildman–Crippen LogP) is 4.06. The molecule has 0 bridgehead atoms. The van der Waals surface area contributed by atoms with Gasteiger partial charge in [-0.25, -0.2) is 0 Å². The summed E-state index contributed by atoms with van der Waals surface area (Å²) >= 11 is 1.58. The molecule has 2 aliphatic rings. The number of nitrogens with one attached hydrogen (secondary N) is 1. The van der Waals surface area contributed by atoms with Crippen LogP contribution in [-0.4, -0.2) is 28.8 Å². The van der Waals surface area contributed by atoms with Crippen molar-refractivity contribution in [1.82, 2.24) is 10.2 Å². The molecule has 0 radical (unpaired) electrons. The van der Waals surface area contributed by atoms with Gasteiger partial charge < -0.3 is 14.6 Å². The number of carbonyl (C=O) groups excluding carboxylic acids is 2. The van der Waals surface area contributed by atoms with Gasteiger partial charge in [0.05, 0.1) is 12.7 Å². The van der Waals surface area contributed by atoms with Gasteiger partial charge in [0.2, 0.25) is 5.91 Å². The van der Waals surface area contributed by atoms with Gasteiger partial charge in [-0.15, -0.1) is 11.3 Å². The molecule has 27 heavy (non-hydrogen) atoms. The molecule has 144 valence electrons. The molecule has 0 spiro atoms. The molecule has 1 N–H and O–H groups in total. The van der Waals surface area contributed by atoms with Crippen LogP contribution >= 0.6 is 11.3 Å². The fraction of sp³-hybridized carbons (Fsp3) is 0.524. The third-order valence-corrected chi connectivity index (χ3v) is 6.30. The van der Waals surface area contributed by atoms with Crippen LogP contribution in [-0.2, 0) is 16.0 Å². The Balaban J connectivity index is 1.55. The van der Waals surface area contributed by atoms with Crippen LogP contribution in [0.3, 0.4) is 0 Å². The van der Waals surface area contributed by atoms with Crippen LogP contribution < -0.4 is 5.32 Å². The van der Waals surface area contributed by atoms with Gasteiger partial charge >= 0.3 is 0 Å². The SMILES string of the molecule is O=C(NC1CCCCC1)[C@H](c1ccco1)N(C(=O)Cc1cccs1)C1CC1. The fourth-order valence-electron chi connectivity index (χ4n) is 3.93. The number of hydrogen-bond acceptors (Lipinski definition) is 4. The Bertz CT molecular complexity index is 747. The lowest BCUT2D eigenvalue weighted by atomic mass is 9.95. The van der Waals surface area contributed by atoms with Gasteiger partial charge in [0, 0.05) is 17.0 Å². The quantitative estimate of drug-likeness (QED) is 0.780. The maximum absolute atomic E-state index is 13.2. The van der Waals surface area contributed by atoms with Crippen LogP contribution in [0.25, 0.3) is 0 Å². The predicted molar refractivity (Wildman–Crippen MR) is 104 cm³/mol. The van der Waals surface area contributed by atoms with Gasteiger partial charge in [-0.3, -0.25) is 9.59 Å². The number of furan rings is 1. The molecular weight excluding hydrogens is 360 g/mol. The Hall–Kier alpha value is -2.08. The van der Waals surface area contributed by atoms with Crippen molar-refractivity contribution in [2.75, 3.05) is 0 Å². The summed E-state index contributed by atoms with van der Waals surface area (Å²) in [5.41, 5.74) is 0. The normalized spacial score (nSPS) is 18.8. The lowest BCUT2D eigenvalue weighted by Crippen LogP contribution is -2.48. The lowest BCUT2D eigenvalue weighted by molar-refractivity contribution is -0.142. The number of amides is 2. The van der Waals surface area contributed by atoms with E-state index in [1.807, 2.05) is 17.5 Å². The van der Waals surface area contributed by atoms with Crippen molar-refractivity contribution in [3.8, 4) is 0 Å². The topological polar surface area (TPSA) is 62.6 Å². The maximum Gasteiger partial charge on any atom is 0.250 e. The second-order valence-corrected chi connectivity index (χ2v) is 8.58. The molecule has 0 unspecified atom stereocenters. The summed E-state index contributed by atoms with van der Waals surface area (Å²) in [6, 6.07) is 7.17. The van der Waals surface area contributed by atoms with Crippen molar-refractivity contribution in [1.29, 1.82) is 0 Å². The van der Waals surface area contributed by atoms with E-state index < -0.39 is 6.04 Å². The standard InChI is InChI=1S/C21H26N2O3S/c24-19(14-17-8-5-13-27-17)23(16-10-11-16)20(18-9-4-12-26-18)21(25)22-15-6-2-1-3-7-15/h4-5,8-9,12-13,15-16,20H,1-3,6-7,10-11,14H2,(H,22,25)/t20-/m0/s1. The Morgan fingerprint density at radius 2 is 1.96 bits per heavy atom. The molecule has 2 fully saturated rings. The van der Waals surface area contributed by atoms with E-state index in [-0.39, 0.29) is 23.9 Å². The van der Waals surface area contributed by atoms with Crippen molar-refractivity contribution in [2.45, 2.75) is 69.5 Å². The Morgan fingerprint density at radius 3 is 2.59 bits per heavy atom. The zero-order valence-electron chi connectivity index (χ0n) is 15.4. The first kappa shape index (κ1) is 18.3. The van der Waals surface area contributed by atoms with E-state index in [2.05, 4.69) is 5.32 Å². The van der Waals surface area contributed by atoms with Gasteiger partial charge in [-0.05, 0) is 49.3 Å². The molecule has 0 saturated heterocycles. The van der Waals surface area contributed by atoms with Gasteiger partial charge in [0.15, 0.2) is 6.04 Å². The van der Waals surface area contributed by atoms with Crippen molar-refractivity contribution in [2.24, 2.45) is 0 Å². The molecule has 1 atom stereocenters. The van der Waals surface area contributed by atoms with E-state index in [0.29, 0.717) is 12.2 Å². The highest BCUT2D eigenvalue weighted by Crippen LogP contribution is 2.36. The molecule has 0 aromatic carbocycles. The fourth-order valence-corrected chi connectivity index (χ4v) is 4.63. The third-order valence-electron chi connectivity index (χ3n) is 5.42. The van der Waals surface area contributed by atoms with Crippen molar-refractivity contribution >= 4 is 23.2 Å². The average molecular weight is 387 g/mol. The first-order valence-electron chi connectivity index (χ1n) is 9.89. The van der Waals surface area contributed by atoms with Crippen LogP contribution in [0.15, 0.2) is 40.3 Å². The molecular formula is C21H26N2O3S. The van der Waals surface area contributed by atoms with E-state index in [1.54, 1.807) is 34.6 Å². The zero-order valence-corrected chi connectivity index (χ0v) is 16.2. The van der Waals surface area contributed by atoms with Gasteiger partial charge in [-0.1, -0.05) is 25.3 Å². The second kappa shape index (κ2) is 8.30. The van der Waals surface area contributed by atoms with E-state index >= 15 is 0 Å². The van der Waals surface area contributed by atoms with Crippen LogP contribution in [0.5, 0.6) is 0 Å². The molecule has 0 aliphatic heterocycles. The summed E-state index contributed by atoms with van der Waals surface area (Å²) in [5, 5.41) is 5.17. The molecule has 2 saturated carbocycles. The summed E-state index contributed by atoms with van der Waals surface area (Å²) < 4.78 is 5.60. The first-order chi connectivity index (χ1) is 13.2. The van der Waals surface area contributed by atoms with Crippen molar-refractivity contribution in [3.63, 3.8) is 0 Å². The van der Waals surface area contributed by atoms with E-state index in [4.69, 9.17) is 4.42 Å². The first-order valence-corrected chi connectivity index (χ1v) is 10.8. The number of thiophene rings is 1. The molecule has 2 aromatic rings. The monoisotopic (exact) mass is 386 g/mol. The second-order valence-electron chi connectivity index (χ2n) is 7.55. The Kier molecular flexibility index (Phi) is 5.62. The average Bonchev–Trinajstić information content (AvgIpc) is 3.13. The van der Waals surface area contributed by atoms with Crippen molar-refractivity contribution in [3.05, 3.63) is 46.5 Å². The molecule has 2 amide bonds. The minimum Gasteiger partial charge on any atom is -0.467 e. The number of nitrogens with zero attached hydrogens (tertiary/aromatic N) is 1. The van der Waals surface area contributed by atoms with Crippen LogP contribution in [0, 0.1) is 0 Å². The summed E-state index contributed by atoms with van der Waals surface area (Å²) in [5.74, 6) is 0.443. The van der Waals surface area contributed by atoms with Gasteiger partial charge in [0.1, 0.15) is 5.76 Å². The summed E-state index contributed by atoms with van der Waals surface area (Å²) in [6.07, 6.45) is 9.38. The largest absolute Gasteiger partial charge is 0.467 e. The molecule has 2 heterocycles. The summed E-state index contributed by atoms with van der Waals surface area (Å²) in [4.78, 5) is 29.2. The van der Waals surface area contributed by atoms with E-state index in [1.165, 1.54) is 6.42 Å². The minimum absolute atomic E-state index is 0.000133. The van der Waals surface area contributed by atoms with E-state index in [9.17, 15) is 9.59 Å². The summed E-state index contributed by atoms with van der Waals surface area (Å²) in [7, 11) is 0. The smallest absolute Gasteiger partial charge is 0.250 e. The molecule has 4 rings (SSSR count). The van der Waals surface area contributed by atoms with Gasteiger partial charge in [-0.2, -0.15) is 0 Å². The highest BCUT2D eigenvalue weighted by atomic mass is 32.1. The number of carbonyl (C=O) groups is 2. The van der Waals surface area contributed by atoms with Crippen LogP contribution in [0.4, 0.5) is 0 Å². The maximum atomic E-state index is 13.2. The number of hydrogen-bond donors (Lipinski definition) is 1. The number of rotatable bonds is 7. The van der Waals surface area contributed by atoms with Gasteiger partial charge in [0.25, 0.3) is 5.91 Å². The molecule has 2 aliphatic carbocycles. The molecule has 5 nitrogen and oxygen atoms in total. The van der Waals surface area contributed by atoms with E-state index in [0.717, 1.165) is 43.4 Å². The third kappa shape index (κ3) is 4.43. The highest BCUT2D eigenvalue weighted by Gasteiger charge is 2.42. The Morgan fingerprint density at radius 1 is 1.15 bits per heavy atom. The minimum atomic E-state index is -0.679. The Labute approximate surface area is 163 Å². The molecule has 2 aromatic heterocycles. The van der Waals surface area contributed by atoms with Crippen molar-refractivity contribution < 1.29 is 14.0 Å². The van der Waals surface area contributed by atoms with Crippen LogP contribution in [0.2, 0.25) is 0 Å². The zero-order chi connectivity index (χ0) is 18.6.